The maximum absolute atomic E-state index is 4.56. The maximum Gasteiger partial charge on any atom is 0.223 e. The molecule has 0 saturated heterocycles. The molecule has 0 radical (unpaired) electrons. The molecule has 3 rings (SSSR count). The number of benzene rings is 1. The van der Waals surface area contributed by atoms with Crippen LogP contribution in [0.25, 0.3) is 10.9 Å². The Bertz CT molecular complexity index is 575. The Hall–Kier alpha value is -1.68. The number of fused-ring (bicyclic) bond motifs is 1. The first-order valence-electron chi connectivity index (χ1n) is 6.83. The number of para-hydroxylation sites is 1. The summed E-state index contributed by atoms with van der Waals surface area (Å²) < 4.78 is 0. The summed E-state index contributed by atoms with van der Waals surface area (Å²) in [5.74, 6) is 0.729. The monoisotopic (exact) mass is 256 g/mol. The average molecular weight is 256 g/mol. The summed E-state index contributed by atoms with van der Waals surface area (Å²) >= 11 is 0. The van der Waals surface area contributed by atoms with Crippen molar-refractivity contribution < 1.29 is 0 Å². The average Bonchev–Trinajstić information content (AvgIpc) is 2.37. The highest BCUT2D eigenvalue weighted by Gasteiger charge is 2.38. The lowest BCUT2D eigenvalue weighted by Gasteiger charge is -2.47. The second-order valence-electron chi connectivity index (χ2n) is 5.58. The molecular formula is C15H20N4. The van der Waals surface area contributed by atoms with E-state index in [1.807, 2.05) is 30.5 Å². The number of rotatable bonds is 4. The van der Waals surface area contributed by atoms with Crippen LogP contribution in [-0.4, -0.2) is 41.0 Å². The molecule has 1 aromatic heterocycles. The van der Waals surface area contributed by atoms with E-state index in [-0.39, 0.29) is 5.54 Å². The zero-order valence-electron chi connectivity index (χ0n) is 11.6. The standard InChI is InChI=1S/C15H20N4/c1-19(2)15(8-5-9-15)11-17-14-16-10-12-6-3-4-7-13(12)18-14/h3-4,6-7,10H,5,8-9,11H2,1-2H3,(H,16,17,18). The fraction of sp³-hybridized carbons (Fsp3) is 0.467. The minimum absolute atomic E-state index is 0.287. The van der Waals surface area contributed by atoms with Gasteiger partial charge in [0, 0.05) is 23.7 Å². The number of likely N-dealkylation sites (N-methyl/N-ethyl adjacent to an activating group) is 1. The number of anilines is 1. The molecule has 1 aromatic carbocycles. The largest absolute Gasteiger partial charge is 0.352 e. The fourth-order valence-corrected chi connectivity index (χ4v) is 2.67. The highest BCUT2D eigenvalue weighted by molar-refractivity contribution is 5.78. The van der Waals surface area contributed by atoms with Gasteiger partial charge in [0.2, 0.25) is 5.95 Å². The first-order chi connectivity index (χ1) is 9.20. The Morgan fingerprint density at radius 1 is 1.26 bits per heavy atom. The molecule has 1 saturated carbocycles. The summed E-state index contributed by atoms with van der Waals surface area (Å²) in [6.07, 6.45) is 5.70. The molecule has 2 aromatic rings. The fourth-order valence-electron chi connectivity index (χ4n) is 2.67. The molecule has 0 spiro atoms. The van der Waals surface area contributed by atoms with Crippen LogP contribution in [0.15, 0.2) is 30.5 Å². The van der Waals surface area contributed by atoms with Crippen LogP contribution in [0.1, 0.15) is 19.3 Å². The molecular weight excluding hydrogens is 236 g/mol. The number of nitrogens with one attached hydrogen (secondary N) is 1. The number of aromatic nitrogens is 2. The van der Waals surface area contributed by atoms with E-state index in [4.69, 9.17) is 0 Å². The molecule has 1 aliphatic rings. The minimum atomic E-state index is 0.287. The van der Waals surface area contributed by atoms with Crippen molar-refractivity contribution in [1.29, 1.82) is 0 Å². The molecule has 1 N–H and O–H groups in total. The molecule has 100 valence electrons. The molecule has 0 atom stereocenters. The van der Waals surface area contributed by atoms with Gasteiger partial charge in [-0.1, -0.05) is 18.2 Å². The molecule has 4 nitrogen and oxygen atoms in total. The lowest BCUT2D eigenvalue weighted by atomic mass is 9.75. The van der Waals surface area contributed by atoms with Crippen LogP contribution in [-0.2, 0) is 0 Å². The van der Waals surface area contributed by atoms with Crippen molar-refractivity contribution in [1.82, 2.24) is 14.9 Å². The van der Waals surface area contributed by atoms with Gasteiger partial charge in [-0.25, -0.2) is 9.97 Å². The summed E-state index contributed by atoms with van der Waals surface area (Å²) in [4.78, 5) is 11.3. The third-order valence-corrected chi connectivity index (χ3v) is 4.30. The molecule has 0 amide bonds. The van der Waals surface area contributed by atoms with Crippen molar-refractivity contribution in [2.75, 3.05) is 26.0 Å². The molecule has 4 heteroatoms. The van der Waals surface area contributed by atoms with E-state index in [9.17, 15) is 0 Å². The minimum Gasteiger partial charge on any atom is -0.352 e. The lowest BCUT2D eigenvalue weighted by molar-refractivity contribution is 0.0737. The maximum atomic E-state index is 4.56. The highest BCUT2D eigenvalue weighted by atomic mass is 15.2. The van der Waals surface area contributed by atoms with Gasteiger partial charge in [-0.15, -0.1) is 0 Å². The van der Waals surface area contributed by atoms with Gasteiger partial charge in [-0.2, -0.15) is 0 Å². The Kier molecular flexibility index (Phi) is 3.11. The van der Waals surface area contributed by atoms with E-state index in [0.29, 0.717) is 0 Å². The second kappa shape index (κ2) is 4.78. The van der Waals surface area contributed by atoms with Crippen LogP contribution < -0.4 is 5.32 Å². The zero-order valence-corrected chi connectivity index (χ0v) is 11.6. The quantitative estimate of drug-likeness (QED) is 0.912. The molecule has 0 aliphatic heterocycles. The predicted molar refractivity (Wildman–Crippen MR) is 78.3 cm³/mol. The first kappa shape index (κ1) is 12.4. The van der Waals surface area contributed by atoms with Crippen LogP contribution in [0.2, 0.25) is 0 Å². The van der Waals surface area contributed by atoms with Gasteiger partial charge in [0.25, 0.3) is 0 Å². The van der Waals surface area contributed by atoms with Crippen molar-refractivity contribution in [3.8, 4) is 0 Å². The zero-order chi connectivity index (χ0) is 13.3. The van der Waals surface area contributed by atoms with Gasteiger partial charge < -0.3 is 10.2 Å². The van der Waals surface area contributed by atoms with Crippen LogP contribution in [0.3, 0.4) is 0 Å². The number of hydrogen-bond acceptors (Lipinski definition) is 4. The van der Waals surface area contributed by atoms with Crippen LogP contribution in [0, 0.1) is 0 Å². The molecule has 1 fully saturated rings. The first-order valence-corrected chi connectivity index (χ1v) is 6.83. The summed E-state index contributed by atoms with van der Waals surface area (Å²) in [5.41, 5.74) is 1.28. The van der Waals surface area contributed by atoms with Crippen molar-refractivity contribution in [3.05, 3.63) is 30.5 Å². The van der Waals surface area contributed by atoms with Crippen molar-refractivity contribution >= 4 is 16.9 Å². The van der Waals surface area contributed by atoms with Gasteiger partial charge in [-0.3, -0.25) is 0 Å². The number of nitrogens with zero attached hydrogens (tertiary/aromatic N) is 3. The molecule has 0 unspecified atom stereocenters. The summed E-state index contributed by atoms with van der Waals surface area (Å²) in [5, 5.41) is 4.48. The third-order valence-electron chi connectivity index (χ3n) is 4.30. The van der Waals surface area contributed by atoms with Crippen LogP contribution in [0.4, 0.5) is 5.95 Å². The van der Waals surface area contributed by atoms with Crippen molar-refractivity contribution in [2.24, 2.45) is 0 Å². The molecule has 0 bridgehead atoms. The molecule has 1 aliphatic carbocycles. The second-order valence-corrected chi connectivity index (χ2v) is 5.58. The summed E-state index contributed by atoms with van der Waals surface area (Å²) in [6, 6.07) is 8.07. The topological polar surface area (TPSA) is 41.0 Å². The Balaban J connectivity index is 1.75. The van der Waals surface area contributed by atoms with Crippen LogP contribution >= 0.6 is 0 Å². The molecule has 1 heterocycles. The lowest BCUT2D eigenvalue weighted by Crippen LogP contribution is -2.54. The van der Waals surface area contributed by atoms with Gasteiger partial charge in [-0.05, 0) is 39.4 Å². The van der Waals surface area contributed by atoms with E-state index in [1.54, 1.807) is 0 Å². The van der Waals surface area contributed by atoms with Gasteiger partial charge in [0.05, 0.1) is 5.52 Å². The Labute approximate surface area is 113 Å². The van der Waals surface area contributed by atoms with Gasteiger partial charge in [0.15, 0.2) is 0 Å². The molecule has 19 heavy (non-hydrogen) atoms. The normalized spacial score (nSPS) is 17.4. The van der Waals surface area contributed by atoms with Crippen LogP contribution in [0.5, 0.6) is 0 Å². The van der Waals surface area contributed by atoms with E-state index >= 15 is 0 Å². The van der Waals surface area contributed by atoms with E-state index in [2.05, 4.69) is 34.3 Å². The van der Waals surface area contributed by atoms with E-state index in [1.165, 1.54) is 19.3 Å². The van der Waals surface area contributed by atoms with E-state index < -0.39 is 0 Å². The van der Waals surface area contributed by atoms with Gasteiger partial charge in [0.1, 0.15) is 0 Å². The highest BCUT2D eigenvalue weighted by Crippen LogP contribution is 2.36. The smallest absolute Gasteiger partial charge is 0.223 e. The Morgan fingerprint density at radius 2 is 2.05 bits per heavy atom. The SMILES string of the molecule is CN(C)C1(CNc2ncc3ccccc3n2)CCC1. The van der Waals surface area contributed by atoms with E-state index in [0.717, 1.165) is 23.4 Å². The Morgan fingerprint density at radius 3 is 2.74 bits per heavy atom. The van der Waals surface area contributed by atoms with Crippen molar-refractivity contribution in [2.45, 2.75) is 24.8 Å². The summed E-state index contributed by atoms with van der Waals surface area (Å²) in [7, 11) is 4.31. The van der Waals surface area contributed by atoms with Crippen molar-refractivity contribution in [3.63, 3.8) is 0 Å². The predicted octanol–water partition coefficient (Wildman–Crippen LogP) is 2.53. The number of hydrogen-bond donors (Lipinski definition) is 1. The summed E-state index contributed by atoms with van der Waals surface area (Å²) in [6.45, 7) is 0.915. The van der Waals surface area contributed by atoms with Gasteiger partial charge >= 0.3 is 0 Å². The third kappa shape index (κ3) is 2.28.